The first-order valence-electron chi connectivity index (χ1n) is 8.02. The van der Waals surface area contributed by atoms with Gasteiger partial charge in [-0.2, -0.15) is 5.10 Å². The van der Waals surface area contributed by atoms with E-state index in [1.165, 1.54) is 0 Å². The molecule has 0 aliphatic rings. The van der Waals surface area contributed by atoms with Crippen LogP contribution in [0.3, 0.4) is 0 Å². The highest BCUT2D eigenvalue weighted by Crippen LogP contribution is 2.19. The number of hydrogen-bond acceptors (Lipinski definition) is 6. The van der Waals surface area contributed by atoms with Gasteiger partial charge in [-0.25, -0.2) is 4.79 Å². The van der Waals surface area contributed by atoms with Crippen LogP contribution in [-0.2, 0) is 21.0 Å². The maximum absolute atomic E-state index is 11.9. The predicted octanol–water partition coefficient (Wildman–Crippen LogP) is 1.38. The van der Waals surface area contributed by atoms with E-state index in [1.807, 2.05) is 13.8 Å². The summed E-state index contributed by atoms with van der Waals surface area (Å²) in [7, 11) is 0. The first-order chi connectivity index (χ1) is 12.8. The quantitative estimate of drug-likeness (QED) is 0.277. The Balaban J connectivity index is 1.87. The third-order valence-corrected chi connectivity index (χ3v) is 4.75. The zero-order valence-electron chi connectivity index (χ0n) is 14.9. The molecule has 1 aromatic carbocycles. The van der Waals surface area contributed by atoms with Crippen molar-refractivity contribution in [2.45, 2.75) is 26.8 Å². The molecule has 0 saturated heterocycles. The van der Waals surface area contributed by atoms with Crippen LogP contribution in [0.2, 0.25) is 0 Å². The fourth-order valence-corrected chi connectivity index (χ4v) is 2.45. The fraction of sp³-hybridized carbons (Fsp3) is 0.294. The molecule has 0 unspecified atom stereocenters. The number of rotatable bonds is 8. The SMILES string of the molecule is Cc1nn(CCC(=O)O/N=C(\N)c2ccc(OCC(N)=O)cc2)c(C)c1Br. The Morgan fingerprint density at radius 1 is 1.22 bits per heavy atom. The van der Waals surface area contributed by atoms with E-state index in [1.54, 1.807) is 28.9 Å². The molecular weight excluding hydrogens is 418 g/mol. The molecule has 0 radical (unpaired) electrons. The average molecular weight is 438 g/mol. The highest BCUT2D eigenvalue weighted by molar-refractivity contribution is 9.10. The Labute approximate surface area is 164 Å². The van der Waals surface area contributed by atoms with Gasteiger partial charge in [0, 0.05) is 11.3 Å². The van der Waals surface area contributed by atoms with E-state index in [4.69, 9.17) is 21.0 Å². The number of amides is 1. The Hall–Kier alpha value is -2.88. The van der Waals surface area contributed by atoms with Gasteiger partial charge in [-0.05, 0) is 54.0 Å². The number of primary amides is 1. The van der Waals surface area contributed by atoms with Crippen molar-refractivity contribution in [1.29, 1.82) is 0 Å². The minimum Gasteiger partial charge on any atom is -0.484 e. The number of oxime groups is 1. The monoisotopic (exact) mass is 437 g/mol. The summed E-state index contributed by atoms with van der Waals surface area (Å²) in [6.45, 7) is 3.94. The molecule has 27 heavy (non-hydrogen) atoms. The minimum atomic E-state index is -0.570. The summed E-state index contributed by atoms with van der Waals surface area (Å²) in [6, 6.07) is 6.44. The second-order valence-electron chi connectivity index (χ2n) is 5.68. The van der Waals surface area contributed by atoms with Crippen LogP contribution in [0.25, 0.3) is 0 Å². The molecule has 0 spiro atoms. The van der Waals surface area contributed by atoms with Gasteiger partial charge in [0.25, 0.3) is 5.91 Å². The number of amidine groups is 1. The van der Waals surface area contributed by atoms with E-state index in [-0.39, 0.29) is 18.9 Å². The molecule has 2 rings (SSSR count). The maximum Gasteiger partial charge on any atom is 0.336 e. The predicted molar refractivity (Wildman–Crippen MR) is 102 cm³/mol. The van der Waals surface area contributed by atoms with Crippen molar-refractivity contribution in [3.05, 3.63) is 45.7 Å². The van der Waals surface area contributed by atoms with Gasteiger partial charge in [-0.3, -0.25) is 9.48 Å². The van der Waals surface area contributed by atoms with Crippen molar-refractivity contribution in [2.75, 3.05) is 6.61 Å². The first kappa shape index (κ1) is 20.4. The Morgan fingerprint density at radius 2 is 1.89 bits per heavy atom. The molecule has 0 atom stereocenters. The van der Waals surface area contributed by atoms with E-state index in [2.05, 4.69) is 26.2 Å². The van der Waals surface area contributed by atoms with Crippen LogP contribution in [0.1, 0.15) is 23.4 Å². The van der Waals surface area contributed by atoms with E-state index in [0.29, 0.717) is 17.9 Å². The lowest BCUT2D eigenvalue weighted by atomic mass is 10.2. The summed E-state index contributed by atoms with van der Waals surface area (Å²) in [5.74, 6) is -0.597. The molecule has 9 nitrogen and oxygen atoms in total. The van der Waals surface area contributed by atoms with E-state index in [9.17, 15) is 9.59 Å². The van der Waals surface area contributed by atoms with Gasteiger partial charge in [0.15, 0.2) is 12.4 Å². The molecule has 1 aromatic heterocycles. The average Bonchev–Trinajstić information content (AvgIpc) is 2.90. The normalized spacial score (nSPS) is 11.3. The lowest BCUT2D eigenvalue weighted by Crippen LogP contribution is -2.20. The van der Waals surface area contributed by atoms with Gasteiger partial charge < -0.3 is 21.0 Å². The van der Waals surface area contributed by atoms with E-state index < -0.39 is 11.9 Å². The Kier molecular flexibility index (Phi) is 6.94. The van der Waals surface area contributed by atoms with Gasteiger partial charge in [0.1, 0.15) is 5.75 Å². The van der Waals surface area contributed by atoms with Crippen LogP contribution in [-0.4, -0.2) is 34.1 Å². The van der Waals surface area contributed by atoms with Gasteiger partial charge in [-0.15, -0.1) is 0 Å². The van der Waals surface area contributed by atoms with Crippen LogP contribution >= 0.6 is 15.9 Å². The molecule has 144 valence electrons. The molecule has 1 amide bonds. The van der Waals surface area contributed by atoms with Crippen LogP contribution in [0.5, 0.6) is 5.75 Å². The summed E-state index contributed by atoms with van der Waals surface area (Å²) in [4.78, 5) is 27.4. The maximum atomic E-state index is 11.9. The van der Waals surface area contributed by atoms with Gasteiger partial charge in [0.2, 0.25) is 0 Å². The number of hydrogen-bond donors (Lipinski definition) is 2. The molecule has 0 aliphatic heterocycles. The van der Waals surface area contributed by atoms with Gasteiger partial charge in [0.05, 0.1) is 23.1 Å². The lowest BCUT2D eigenvalue weighted by Gasteiger charge is -2.05. The Bertz CT molecular complexity index is 861. The highest BCUT2D eigenvalue weighted by Gasteiger charge is 2.11. The van der Waals surface area contributed by atoms with Gasteiger partial charge in [-0.1, -0.05) is 5.16 Å². The molecule has 10 heteroatoms. The zero-order valence-corrected chi connectivity index (χ0v) is 16.5. The largest absolute Gasteiger partial charge is 0.484 e. The van der Waals surface area contributed by atoms with Crippen LogP contribution < -0.4 is 16.2 Å². The van der Waals surface area contributed by atoms with Crippen molar-refractivity contribution in [3.8, 4) is 5.75 Å². The number of nitrogens with zero attached hydrogens (tertiary/aromatic N) is 3. The molecule has 0 aliphatic carbocycles. The number of carbonyl (C=O) groups is 2. The highest BCUT2D eigenvalue weighted by atomic mass is 79.9. The number of nitrogens with two attached hydrogens (primary N) is 2. The standard InChI is InChI=1S/C17H20BrN5O4/c1-10-16(18)11(2)23(21-10)8-7-15(25)27-22-17(20)12-3-5-13(6-4-12)26-9-14(19)24/h3-6H,7-9H2,1-2H3,(H2,19,24)(H2,20,22). The zero-order chi connectivity index (χ0) is 20.0. The molecule has 4 N–H and O–H groups in total. The lowest BCUT2D eigenvalue weighted by molar-refractivity contribution is -0.144. The van der Waals surface area contributed by atoms with Crippen LogP contribution in [0.15, 0.2) is 33.9 Å². The van der Waals surface area contributed by atoms with Gasteiger partial charge >= 0.3 is 5.97 Å². The molecule has 0 bridgehead atoms. The summed E-state index contributed by atoms with van der Waals surface area (Å²) in [6.07, 6.45) is 0.102. The molecule has 1 heterocycles. The number of benzene rings is 1. The number of ether oxygens (including phenoxy) is 1. The van der Waals surface area contributed by atoms with Crippen molar-refractivity contribution in [2.24, 2.45) is 16.6 Å². The summed E-state index contributed by atoms with van der Waals surface area (Å²) >= 11 is 3.43. The van der Waals surface area contributed by atoms with Crippen molar-refractivity contribution < 1.29 is 19.2 Å². The Morgan fingerprint density at radius 3 is 2.44 bits per heavy atom. The van der Waals surface area contributed by atoms with Crippen molar-refractivity contribution >= 4 is 33.6 Å². The van der Waals surface area contributed by atoms with Crippen molar-refractivity contribution in [1.82, 2.24) is 9.78 Å². The second kappa shape index (κ2) is 9.17. The minimum absolute atomic E-state index is 0.0404. The van der Waals surface area contributed by atoms with Crippen molar-refractivity contribution in [3.63, 3.8) is 0 Å². The first-order valence-corrected chi connectivity index (χ1v) is 8.81. The second-order valence-corrected chi connectivity index (χ2v) is 6.47. The summed E-state index contributed by atoms with van der Waals surface area (Å²) in [5, 5.41) is 7.97. The molecular formula is C17H20BrN5O4. The molecule has 2 aromatic rings. The number of carbonyl (C=O) groups excluding carboxylic acids is 2. The molecule has 0 saturated carbocycles. The smallest absolute Gasteiger partial charge is 0.336 e. The van der Waals surface area contributed by atoms with E-state index >= 15 is 0 Å². The summed E-state index contributed by atoms with van der Waals surface area (Å²) in [5.41, 5.74) is 13.1. The summed E-state index contributed by atoms with van der Waals surface area (Å²) < 4.78 is 7.78. The van der Waals surface area contributed by atoms with Crippen LogP contribution in [0, 0.1) is 13.8 Å². The molecule has 0 fully saturated rings. The van der Waals surface area contributed by atoms with E-state index in [0.717, 1.165) is 15.9 Å². The number of aryl methyl sites for hydroxylation is 2. The van der Waals surface area contributed by atoms with Crippen LogP contribution in [0.4, 0.5) is 0 Å². The topological polar surface area (TPSA) is 135 Å². The number of halogens is 1. The number of aromatic nitrogens is 2. The fourth-order valence-electron chi connectivity index (χ4n) is 2.16. The third kappa shape index (κ3) is 5.81. The third-order valence-electron chi connectivity index (χ3n) is 3.60.